The zero-order chi connectivity index (χ0) is 12.2. The largest absolute Gasteiger partial charge is 0.248 e. The van der Waals surface area contributed by atoms with Crippen LogP contribution in [0.3, 0.4) is 0 Å². The molecule has 1 heterocycles. The van der Waals surface area contributed by atoms with Crippen molar-refractivity contribution in [3.05, 3.63) is 41.2 Å². The Hall–Kier alpha value is -1.70. The fraction of sp³-hybridized carbons (Fsp3) is 0.333. The molecule has 0 aliphatic heterocycles. The molecule has 0 atom stereocenters. The Morgan fingerprint density at radius 3 is 2.18 bits per heavy atom. The van der Waals surface area contributed by atoms with Gasteiger partial charge in [0.15, 0.2) is 0 Å². The number of hydrogen-bond donors (Lipinski definition) is 0. The minimum absolute atomic E-state index is 0.0104. The first kappa shape index (κ1) is 10.5. The lowest BCUT2D eigenvalue weighted by Gasteiger charge is -2.20. The quantitative estimate of drug-likeness (QED) is 0.681. The Kier molecular flexibility index (Phi) is 1.94. The third-order valence-electron chi connectivity index (χ3n) is 4.02. The molecule has 1 aliphatic carbocycles. The Morgan fingerprint density at radius 2 is 1.53 bits per heavy atom. The van der Waals surface area contributed by atoms with Gasteiger partial charge < -0.3 is 0 Å². The van der Waals surface area contributed by atoms with Crippen LogP contribution in [0, 0.1) is 0 Å². The van der Waals surface area contributed by atoms with E-state index in [0.29, 0.717) is 0 Å². The molecular weight excluding hydrogens is 208 g/mol. The first-order valence-corrected chi connectivity index (χ1v) is 5.97. The van der Waals surface area contributed by atoms with Gasteiger partial charge in [-0.15, -0.1) is 0 Å². The summed E-state index contributed by atoms with van der Waals surface area (Å²) in [5.41, 5.74) is 6.83. The number of aromatic nitrogens is 2. The molecular formula is C15H16N2. The standard InChI is InChI=1S/C15H16N2/c1-9-10(2)15(3,4)14-13(9)16-11-7-5-6-8-12(11)17-14/h5-8H,1-4H3. The second-order valence-corrected chi connectivity index (χ2v) is 5.28. The van der Waals surface area contributed by atoms with E-state index >= 15 is 0 Å². The van der Waals surface area contributed by atoms with E-state index in [0.717, 1.165) is 22.4 Å². The molecule has 0 amide bonds. The molecule has 0 N–H and O–H groups in total. The number of fused-ring (bicyclic) bond motifs is 2. The molecule has 86 valence electrons. The first-order valence-electron chi connectivity index (χ1n) is 5.97. The van der Waals surface area contributed by atoms with E-state index in [-0.39, 0.29) is 5.41 Å². The SMILES string of the molecule is CC1=C(C)C(C)(C)c2nc3ccccc3nc21. The molecule has 2 aromatic rings. The smallest absolute Gasteiger partial charge is 0.0894 e. The van der Waals surface area contributed by atoms with Gasteiger partial charge in [-0.05, 0) is 31.6 Å². The molecule has 2 heteroatoms. The van der Waals surface area contributed by atoms with Gasteiger partial charge in [0.2, 0.25) is 0 Å². The third-order valence-corrected chi connectivity index (χ3v) is 4.02. The summed E-state index contributed by atoms with van der Waals surface area (Å²) in [5, 5.41) is 0. The Labute approximate surface area is 101 Å². The van der Waals surface area contributed by atoms with Crippen LogP contribution in [0.25, 0.3) is 16.6 Å². The molecule has 1 aromatic heterocycles. The van der Waals surface area contributed by atoms with Gasteiger partial charge in [0.05, 0.1) is 22.4 Å². The maximum Gasteiger partial charge on any atom is 0.0894 e. The molecule has 0 unspecified atom stereocenters. The highest BCUT2D eigenvalue weighted by atomic mass is 14.9. The van der Waals surface area contributed by atoms with E-state index in [1.165, 1.54) is 11.1 Å². The summed E-state index contributed by atoms with van der Waals surface area (Å²) >= 11 is 0. The Balaban J connectivity index is 2.40. The van der Waals surface area contributed by atoms with Gasteiger partial charge in [0, 0.05) is 5.41 Å². The highest BCUT2D eigenvalue weighted by molar-refractivity contribution is 5.82. The second kappa shape index (κ2) is 3.16. The average molecular weight is 224 g/mol. The number of hydrogen-bond acceptors (Lipinski definition) is 2. The topological polar surface area (TPSA) is 25.8 Å². The van der Waals surface area contributed by atoms with Crippen LogP contribution in [-0.2, 0) is 5.41 Å². The number of para-hydroxylation sites is 2. The fourth-order valence-corrected chi connectivity index (χ4v) is 2.52. The van der Waals surface area contributed by atoms with Crippen molar-refractivity contribution in [1.29, 1.82) is 0 Å². The predicted molar refractivity (Wildman–Crippen MR) is 70.8 cm³/mol. The van der Waals surface area contributed by atoms with E-state index < -0.39 is 0 Å². The molecule has 1 aromatic carbocycles. The number of rotatable bonds is 0. The van der Waals surface area contributed by atoms with Crippen molar-refractivity contribution in [3.8, 4) is 0 Å². The van der Waals surface area contributed by atoms with Crippen LogP contribution in [0.5, 0.6) is 0 Å². The summed E-state index contributed by atoms with van der Waals surface area (Å²) < 4.78 is 0. The summed E-state index contributed by atoms with van der Waals surface area (Å²) in [6.07, 6.45) is 0. The first-order chi connectivity index (χ1) is 8.01. The van der Waals surface area contributed by atoms with E-state index in [1.807, 2.05) is 24.3 Å². The maximum atomic E-state index is 4.81. The number of nitrogens with zero attached hydrogens (tertiary/aromatic N) is 2. The number of allylic oxidation sites excluding steroid dienone is 2. The van der Waals surface area contributed by atoms with Crippen molar-refractivity contribution >= 4 is 16.6 Å². The van der Waals surface area contributed by atoms with E-state index in [4.69, 9.17) is 9.97 Å². The van der Waals surface area contributed by atoms with Gasteiger partial charge in [-0.25, -0.2) is 9.97 Å². The third kappa shape index (κ3) is 1.27. The Bertz CT molecular complexity index is 651. The fourth-order valence-electron chi connectivity index (χ4n) is 2.52. The molecule has 2 nitrogen and oxygen atoms in total. The van der Waals surface area contributed by atoms with Crippen LogP contribution in [0.4, 0.5) is 0 Å². The van der Waals surface area contributed by atoms with Crippen molar-refractivity contribution < 1.29 is 0 Å². The van der Waals surface area contributed by atoms with Crippen molar-refractivity contribution in [2.24, 2.45) is 0 Å². The molecule has 17 heavy (non-hydrogen) atoms. The van der Waals surface area contributed by atoms with Crippen LogP contribution in [-0.4, -0.2) is 9.97 Å². The zero-order valence-electron chi connectivity index (χ0n) is 10.7. The molecule has 1 aliphatic rings. The molecule has 0 saturated heterocycles. The Morgan fingerprint density at radius 1 is 0.941 bits per heavy atom. The lowest BCUT2D eigenvalue weighted by atomic mass is 9.85. The molecule has 0 saturated carbocycles. The molecule has 0 bridgehead atoms. The van der Waals surface area contributed by atoms with Gasteiger partial charge in [0.25, 0.3) is 0 Å². The summed E-state index contributed by atoms with van der Waals surface area (Å²) in [4.78, 5) is 9.57. The predicted octanol–water partition coefficient (Wildman–Crippen LogP) is 3.71. The molecule has 0 fully saturated rings. The van der Waals surface area contributed by atoms with Gasteiger partial charge in [-0.1, -0.05) is 31.6 Å². The lowest BCUT2D eigenvalue weighted by Crippen LogP contribution is -2.17. The monoisotopic (exact) mass is 224 g/mol. The van der Waals surface area contributed by atoms with Crippen molar-refractivity contribution in [2.75, 3.05) is 0 Å². The van der Waals surface area contributed by atoms with E-state index in [1.54, 1.807) is 0 Å². The van der Waals surface area contributed by atoms with Gasteiger partial charge >= 0.3 is 0 Å². The van der Waals surface area contributed by atoms with Crippen molar-refractivity contribution in [3.63, 3.8) is 0 Å². The van der Waals surface area contributed by atoms with Gasteiger partial charge in [-0.3, -0.25) is 0 Å². The lowest BCUT2D eigenvalue weighted by molar-refractivity contribution is 0.617. The summed E-state index contributed by atoms with van der Waals surface area (Å²) in [6, 6.07) is 8.08. The van der Waals surface area contributed by atoms with Crippen LogP contribution in [0.15, 0.2) is 29.8 Å². The van der Waals surface area contributed by atoms with E-state index in [9.17, 15) is 0 Å². The van der Waals surface area contributed by atoms with Crippen LogP contribution >= 0.6 is 0 Å². The molecule has 0 radical (unpaired) electrons. The minimum atomic E-state index is 0.0104. The summed E-state index contributed by atoms with van der Waals surface area (Å²) in [6.45, 7) is 8.78. The highest BCUT2D eigenvalue weighted by Gasteiger charge is 2.36. The zero-order valence-corrected chi connectivity index (χ0v) is 10.7. The molecule has 0 spiro atoms. The van der Waals surface area contributed by atoms with E-state index in [2.05, 4.69) is 27.7 Å². The van der Waals surface area contributed by atoms with Crippen LogP contribution in [0.1, 0.15) is 39.1 Å². The minimum Gasteiger partial charge on any atom is -0.248 e. The maximum absolute atomic E-state index is 4.81. The normalized spacial score (nSPS) is 17.6. The summed E-state index contributed by atoms with van der Waals surface area (Å²) in [7, 11) is 0. The highest BCUT2D eigenvalue weighted by Crippen LogP contribution is 2.44. The molecule has 3 rings (SSSR count). The average Bonchev–Trinajstić information content (AvgIpc) is 2.49. The van der Waals surface area contributed by atoms with Crippen molar-refractivity contribution in [1.82, 2.24) is 9.97 Å². The van der Waals surface area contributed by atoms with Gasteiger partial charge in [-0.2, -0.15) is 0 Å². The van der Waals surface area contributed by atoms with Crippen LogP contribution < -0.4 is 0 Å². The van der Waals surface area contributed by atoms with Crippen LogP contribution in [0.2, 0.25) is 0 Å². The van der Waals surface area contributed by atoms with Crippen molar-refractivity contribution in [2.45, 2.75) is 33.1 Å². The van der Waals surface area contributed by atoms with Gasteiger partial charge in [0.1, 0.15) is 0 Å². The number of benzene rings is 1. The second-order valence-electron chi connectivity index (χ2n) is 5.28. The summed E-state index contributed by atoms with van der Waals surface area (Å²) in [5.74, 6) is 0.